The highest BCUT2D eigenvalue weighted by atomic mass is 35.5. The Bertz CT molecular complexity index is 336. The molecule has 1 fully saturated rings. The van der Waals surface area contributed by atoms with Crippen LogP contribution in [0.25, 0.3) is 0 Å². The SMILES string of the molecule is CCCCC1CCC(C(=O)NCC2=CCNCC2)CC1.Cl. The Balaban J connectivity index is 0.00000220. The van der Waals surface area contributed by atoms with Crippen molar-refractivity contribution in [2.45, 2.75) is 58.3 Å². The van der Waals surface area contributed by atoms with Crippen LogP contribution in [-0.4, -0.2) is 25.5 Å². The third kappa shape index (κ3) is 6.39. The van der Waals surface area contributed by atoms with Gasteiger partial charge in [-0.3, -0.25) is 4.79 Å². The number of amides is 1. The van der Waals surface area contributed by atoms with Crippen molar-refractivity contribution in [2.75, 3.05) is 19.6 Å². The van der Waals surface area contributed by atoms with Crippen LogP contribution in [-0.2, 0) is 4.79 Å². The second-order valence-corrected chi connectivity index (χ2v) is 6.39. The lowest BCUT2D eigenvalue weighted by molar-refractivity contribution is -0.126. The molecule has 1 amide bonds. The van der Waals surface area contributed by atoms with Crippen molar-refractivity contribution in [3.8, 4) is 0 Å². The zero-order valence-corrected chi connectivity index (χ0v) is 14.1. The first-order chi connectivity index (χ1) is 9.79. The third-order valence-corrected chi connectivity index (χ3v) is 4.83. The molecule has 0 radical (unpaired) electrons. The Morgan fingerprint density at radius 2 is 2.10 bits per heavy atom. The van der Waals surface area contributed by atoms with Crippen molar-refractivity contribution in [3.05, 3.63) is 11.6 Å². The normalized spacial score (nSPS) is 25.7. The lowest BCUT2D eigenvalue weighted by Gasteiger charge is -2.28. The predicted octanol–water partition coefficient (Wildman–Crippen LogP) is 3.44. The molecule has 2 rings (SSSR count). The summed E-state index contributed by atoms with van der Waals surface area (Å²) in [6.07, 6.45) is 12.0. The Morgan fingerprint density at radius 1 is 1.33 bits per heavy atom. The average molecular weight is 315 g/mol. The zero-order valence-electron chi connectivity index (χ0n) is 13.3. The highest BCUT2D eigenvalue weighted by Crippen LogP contribution is 2.31. The molecule has 1 saturated carbocycles. The lowest BCUT2D eigenvalue weighted by atomic mass is 9.79. The fraction of sp³-hybridized carbons (Fsp3) is 0.824. The molecule has 1 aliphatic heterocycles. The Hall–Kier alpha value is -0.540. The number of carbonyl (C=O) groups excluding carboxylic acids is 1. The predicted molar refractivity (Wildman–Crippen MR) is 90.8 cm³/mol. The Morgan fingerprint density at radius 3 is 2.71 bits per heavy atom. The van der Waals surface area contributed by atoms with E-state index in [-0.39, 0.29) is 18.3 Å². The first-order valence-corrected chi connectivity index (χ1v) is 8.46. The van der Waals surface area contributed by atoms with E-state index < -0.39 is 0 Å². The molecule has 0 aromatic heterocycles. The molecule has 0 bridgehead atoms. The Labute approximate surface area is 135 Å². The van der Waals surface area contributed by atoms with E-state index in [1.165, 1.54) is 37.7 Å². The van der Waals surface area contributed by atoms with Gasteiger partial charge < -0.3 is 10.6 Å². The smallest absolute Gasteiger partial charge is 0.223 e. The van der Waals surface area contributed by atoms with Crippen LogP contribution in [0.1, 0.15) is 58.3 Å². The summed E-state index contributed by atoms with van der Waals surface area (Å²) in [6, 6.07) is 0. The standard InChI is InChI=1S/C17H30N2O.ClH/c1-2-3-4-14-5-7-16(8-6-14)17(20)19-13-15-9-11-18-12-10-15;/h9,14,16,18H,2-8,10-13H2,1H3,(H,19,20);1H. The fourth-order valence-corrected chi connectivity index (χ4v) is 3.38. The van der Waals surface area contributed by atoms with Crippen molar-refractivity contribution >= 4 is 18.3 Å². The molecular formula is C17H31ClN2O. The molecule has 122 valence electrons. The minimum Gasteiger partial charge on any atom is -0.352 e. The number of rotatable bonds is 6. The molecule has 0 aromatic carbocycles. The number of nitrogens with one attached hydrogen (secondary N) is 2. The lowest BCUT2D eigenvalue weighted by Crippen LogP contribution is -2.35. The van der Waals surface area contributed by atoms with Gasteiger partial charge >= 0.3 is 0 Å². The number of carbonyl (C=O) groups is 1. The van der Waals surface area contributed by atoms with E-state index in [9.17, 15) is 4.79 Å². The maximum absolute atomic E-state index is 12.2. The number of hydrogen-bond donors (Lipinski definition) is 2. The maximum atomic E-state index is 12.2. The van der Waals surface area contributed by atoms with Gasteiger partial charge in [0.15, 0.2) is 0 Å². The molecular weight excluding hydrogens is 284 g/mol. The van der Waals surface area contributed by atoms with Gasteiger partial charge in [0.2, 0.25) is 5.91 Å². The van der Waals surface area contributed by atoms with Crippen LogP contribution in [0.3, 0.4) is 0 Å². The third-order valence-electron chi connectivity index (χ3n) is 4.83. The van der Waals surface area contributed by atoms with Crippen molar-refractivity contribution in [3.63, 3.8) is 0 Å². The van der Waals surface area contributed by atoms with E-state index in [0.717, 1.165) is 44.8 Å². The van der Waals surface area contributed by atoms with Crippen molar-refractivity contribution in [2.24, 2.45) is 11.8 Å². The van der Waals surface area contributed by atoms with Gasteiger partial charge in [0.1, 0.15) is 0 Å². The van der Waals surface area contributed by atoms with Crippen LogP contribution >= 0.6 is 12.4 Å². The van der Waals surface area contributed by atoms with E-state index in [0.29, 0.717) is 5.91 Å². The summed E-state index contributed by atoms with van der Waals surface area (Å²) < 4.78 is 0. The zero-order chi connectivity index (χ0) is 14.2. The van der Waals surface area contributed by atoms with Crippen molar-refractivity contribution in [1.82, 2.24) is 10.6 Å². The Kier molecular flexibility index (Phi) is 9.02. The van der Waals surface area contributed by atoms with Crippen LogP contribution in [0.2, 0.25) is 0 Å². The van der Waals surface area contributed by atoms with Gasteiger partial charge in [-0.2, -0.15) is 0 Å². The molecule has 0 saturated heterocycles. The van der Waals surface area contributed by atoms with Crippen LogP contribution in [0.15, 0.2) is 11.6 Å². The molecule has 0 aromatic rings. The maximum Gasteiger partial charge on any atom is 0.223 e. The summed E-state index contributed by atoms with van der Waals surface area (Å²) in [5.74, 6) is 1.44. The highest BCUT2D eigenvalue weighted by Gasteiger charge is 2.25. The summed E-state index contributed by atoms with van der Waals surface area (Å²) in [5.41, 5.74) is 1.38. The van der Waals surface area contributed by atoms with Crippen molar-refractivity contribution < 1.29 is 4.79 Å². The summed E-state index contributed by atoms with van der Waals surface area (Å²) in [6.45, 7) is 5.02. The topological polar surface area (TPSA) is 41.1 Å². The van der Waals surface area contributed by atoms with Crippen LogP contribution < -0.4 is 10.6 Å². The number of halogens is 1. The van der Waals surface area contributed by atoms with Gasteiger partial charge in [0.25, 0.3) is 0 Å². The summed E-state index contributed by atoms with van der Waals surface area (Å²) in [5, 5.41) is 6.44. The van der Waals surface area contributed by atoms with Crippen LogP contribution in [0.5, 0.6) is 0 Å². The van der Waals surface area contributed by atoms with Gasteiger partial charge in [0, 0.05) is 19.0 Å². The fourth-order valence-electron chi connectivity index (χ4n) is 3.38. The van der Waals surface area contributed by atoms with Crippen LogP contribution in [0, 0.1) is 11.8 Å². The van der Waals surface area contributed by atoms with E-state index in [1.807, 2.05) is 0 Å². The van der Waals surface area contributed by atoms with E-state index in [1.54, 1.807) is 0 Å². The number of hydrogen-bond acceptors (Lipinski definition) is 2. The monoisotopic (exact) mass is 314 g/mol. The minimum atomic E-state index is 0. The second-order valence-electron chi connectivity index (χ2n) is 6.39. The molecule has 0 atom stereocenters. The summed E-state index contributed by atoms with van der Waals surface area (Å²) >= 11 is 0. The van der Waals surface area contributed by atoms with E-state index in [2.05, 4.69) is 23.6 Å². The average Bonchev–Trinajstić information content (AvgIpc) is 2.52. The second kappa shape index (κ2) is 10.2. The van der Waals surface area contributed by atoms with Gasteiger partial charge in [-0.25, -0.2) is 0 Å². The van der Waals surface area contributed by atoms with Gasteiger partial charge in [-0.05, 0) is 44.6 Å². The summed E-state index contributed by atoms with van der Waals surface area (Å²) in [7, 11) is 0. The van der Waals surface area contributed by atoms with Crippen molar-refractivity contribution in [1.29, 1.82) is 0 Å². The first kappa shape index (κ1) is 18.5. The largest absolute Gasteiger partial charge is 0.352 e. The molecule has 4 heteroatoms. The van der Waals surface area contributed by atoms with Crippen LogP contribution in [0.4, 0.5) is 0 Å². The molecule has 21 heavy (non-hydrogen) atoms. The highest BCUT2D eigenvalue weighted by molar-refractivity contribution is 5.85. The first-order valence-electron chi connectivity index (χ1n) is 8.46. The van der Waals surface area contributed by atoms with Gasteiger partial charge in [0.05, 0.1) is 0 Å². The number of unbranched alkanes of at least 4 members (excludes halogenated alkanes) is 1. The molecule has 2 aliphatic rings. The molecule has 1 aliphatic carbocycles. The van der Waals surface area contributed by atoms with Gasteiger partial charge in [-0.1, -0.05) is 37.8 Å². The minimum absolute atomic E-state index is 0. The summed E-state index contributed by atoms with van der Waals surface area (Å²) in [4.78, 5) is 12.2. The quantitative estimate of drug-likeness (QED) is 0.737. The van der Waals surface area contributed by atoms with E-state index >= 15 is 0 Å². The van der Waals surface area contributed by atoms with E-state index in [4.69, 9.17) is 0 Å². The molecule has 2 N–H and O–H groups in total. The van der Waals surface area contributed by atoms with Gasteiger partial charge in [-0.15, -0.1) is 12.4 Å². The molecule has 1 heterocycles. The molecule has 0 spiro atoms. The molecule has 3 nitrogen and oxygen atoms in total. The molecule has 0 unspecified atom stereocenters.